The Hall–Kier alpha value is -1.07. The van der Waals surface area contributed by atoms with Gasteiger partial charge in [0, 0.05) is 12.6 Å². The molecule has 5 nitrogen and oxygen atoms in total. The number of aliphatic hydroxyl groups is 1. The van der Waals surface area contributed by atoms with E-state index in [1.165, 1.54) is 0 Å². The van der Waals surface area contributed by atoms with E-state index < -0.39 is 0 Å². The number of carbonyl (C=O) groups is 1. The third-order valence-corrected chi connectivity index (χ3v) is 2.08. The lowest BCUT2D eigenvalue weighted by Crippen LogP contribution is -2.39. The molecule has 74 valence electrons. The fourth-order valence-corrected chi connectivity index (χ4v) is 1.39. The van der Waals surface area contributed by atoms with Gasteiger partial charge in [0.25, 0.3) is 0 Å². The van der Waals surface area contributed by atoms with Gasteiger partial charge in [0.1, 0.15) is 5.76 Å². The molecule has 1 fully saturated rings. The molecule has 0 radical (unpaired) electrons. The Morgan fingerprint density at radius 2 is 2.46 bits per heavy atom. The number of aliphatic hydroxyl groups excluding tert-OH is 1. The number of hydrogen-bond acceptors (Lipinski definition) is 4. The van der Waals surface area contributed by atoms with Crippen molar-refractivity contribution in [1.29, 1.82) is 0 Å². The molecule has 5 heteroatoms. The average Bonchev–Trinajstić information content (AvgIpc) is 2.52. The Balaban J connectivity index is 2.33. The topological polar surface area (TPSA) is 87.4 Å². The molecule has 1 rings (SSSR count). The van der Waals surface area contributed by atoms with E-state index in [2.05, 4.69) is 17.2 Å². The van der Waals surface area contributed by atoms with E-state index in [0.717, 1.165) is 0 Å². The highest BCUT2D eigenvalue weighted by Gasteiger charge is 2.26. The summed E-state index contributed by atoms with van der Waals surface area (Å²) in [5, 5.41) is 14.8. The first-order valence-corrected chi connectivity index (χ1v) is 4.24. The van der Waals surface area contributed by atoms with E-state index in [-0.39, 0.29) is 30.3 Å². The lowest BCUT2D eigenvalue weighted by molar-refractivity contribution is -0.120. The zero-order chi connectivity index (χ0) is 9.84. The van der Waals surface area contributed by atoms with Crippen LogP contribution in [0.5, 0.6) is 0 Å². The van der Waals surface area contributed by atoms with Gasteiger partial charge in [-0.1, -0.05) is 6.58 Å². The van der Waals surface area contributed by atoms with Crippen molar-refractivity contribution in [2.24, 2.45) is 5.73 Å². The lowest BCUT2D eigenvalue weighted by Gasteiger charge is -2.10. The van der Waals surface area contributed by atoms with Crippen LogP contribution in [0.25, 0.3) is 0 Å². The summed E-state index contributed by atoms with van der Waals surface area (Å²) in [4.78, 5) is 10.9. The van der Waals surface area contributed by atoms with Crippen molar-refractivity contribution in [2.75, 3.05) is 13.1 Å². The van der Waals surface area contributed by atoms with Crippen LogP contribution in [-0.2, 0) is 4.79 Å². The molecule has 0 bridgehead atoms. The second-order valence-corrected chi connectivity index (χ2v) is 3.16. The molecule has 13 heavy (non-hydrogen) atoms. The summed E-state index contributed by atoms with van der Waals surface area (Å²) in [5.41, 5.74) is 5.15. The van der Waals surface area contributed by atoms with E-state index >= 15 is 0 Å². The molecule has 1 saturated heterocycles. The molecule has 0 saturated carbocycles. The number of nitrogens with two attached hydrogens (primary N) is 1. The predicted octanol–water partition coefficient (Wildman–Crippen LogP) is -1.14. The molecule has 1 heterocycles. The molecule has 2 atom stereocenters. The molecule has 0 aromatic heterocycles. The van der Waals surface area contributed by atoms with Crippen LogP contribution in [0.15, 0.2) is 12.3 Å². The lowest BCUT2D eigenvalue weighted by atomic mass is 10.1. The second kappa shape index (κ2) is 4.25. The van der Waals surface area contributed by atoms with Crippen molar-refractivity contribution < 1.29 is 9.90 Å². The fraction of sp³-hybridized carbons (Fsp3) is 0.625. The Labute approximate surface area is 77.0 Å². The first-order chi connectivity index (χ1) is 6.13. The minimum absolute atomic E-state index is 0.00123. The van der Waals surface area contributed by atoms with Crippen molar-refractivity contribution in [3.8, 4) is 0 Å². The van der Waals surface area contributed by atoms with Crippen molar-refractivity contribution in [3.63, 3.8) is 0 Å². The van der Waals surface area contributed by atoms with Gasteiger partial charge < -0.3 is 21.5 Å². The SMILES string of the molecule is C=C(O)[C@@H]1C[C@@H](NC(=O)CN)CN1. The van der Waals surface area contributed by atoms with Gasteiger partial charge in [-0.2, -0.15) is 0 Å². The second-order valence-electron chi connectivity index (χ2n) is 3.16. The van der Waals surface area contributed by atoms with Gasteiger partial charge >= 0.3 is 0 Å². The summed E-state index contributed by atoms with van der Waals surface area (Å²) in [7, 11) is 0. The van der Waals surface area contributed by atoms with Crippen molar-refractivity contribution in [2.45, 2.75) is 18.5 Å². The van der Waals surface area contributed by atoms with Gasteiger partial charge in [-0.15, -0.1) is 0 Å². The molecule has 0 aromatic carbocycles. The van der Waals surface area contributed by atoms with Crippen molar-refractivity contribution >= 4 is 5.91 Å². The first-order valence-electron chi connectivity index (χ1n) is 4.24. The van der Waals surface area contributed by atoms with Crippen LogP contribution in [-0.4, -0.2) is 36.2 Å². The molecule has 0 unspecified atom stereocenters. The van der Waals surface area contributed by atoms with Crippen molar-refractivity contribution in [3.05, 3.63) is 12.3 Å². The maximum atomic E-state index is 10.9. The zero-order valence-electron chi connectivity index (χ0n) is 7.42. The molecule has 0 aromatic rings. The predicted molar refractivity (Wildman–Crippen MR) is 49.2 cm³/mol. The highest BCUT2D eigenvalue weighted by atomic mass is 16.3. The van der Waals surface area contributed by atoms with Gasteiger partial charge in [0.2, 0.25) is 5.91 Å². The monoisotopic (exact) mass is 185 g/mol. The molecular weight excluding hydrogens is 170 g/mol. The standard InChI is InChI=1S/C8H15N3O2/c1-5(12)7-2-6(4-10-7)11-8(13)3-9/h6-7,10,12H,1-4,9H2,(H,11,13)/t6-,7+/m1/s1. The molecule has 1 aliphatic rings. The van der Waals surface area contributed by atoms with E-state index in [0.29, 0.717) is 13.0 Å². The van der Waals surface area contributed by atoms with Crippen LogP contribution >= 0.6 is 0 Å². The Morgan fingerprint density at radius 1 is 1.77 bits per heavy atom. The van der Waals surface area contributed by atoms with E-state index in [4.69, 9.17) is 10.8 Å². The largest absolute Gasteiger partial charge is 0.511 e. The van der Waals surface area contributed by atoms with Gasteiger partial charge in [-0.3, -0.25) is 4.79 Å². The highest BCUT2D eigenvalue weighted by molar-refractivity contribution is 5.78. The summed E-state index contributed by atoms with van der Waals surface area (Å²) < 4.78 is 0. The number of carbonyl (C=O) groups excluding carboxylic acids is 1. The summed E-state index contributed by atoms with van der Waals surface area (Å²) in [6.45, 7) is 4.08. The minimum Gasteiger partial charge on any atom is -0.511 e. The summed E-state index contributed by atoms with van der Waals surface area (Å²) in [5.74, 6) is -0.0551. The highest BCUT2D eigenvalue weighted by Crippen LogP contribution is 2.11. The maximum absolute atomic E-state index is 10.9. The third kappa shape index (κ3) is 2.71. The van der Waals surface area contributed by atoms with Crippen molar-refractivity contribution in [1.82, 2.24) is 10.6 Å². The number of nitrogens with one attached hydrogen (secondary N) is 2. The van der Waals surface area contributed by atoms with Gasteiger partial charge in [-0.25, -0.2) is 0 Å². The Kier molecular flexibility index (Phi) is 3.27. The smallest absolute Gasteiger partial charge is 0.233 e. The van der Waals surface area contributed by atoms with Crippen LogP contribution in [0.4, 0.5) is 0 Å². The first kappa shape index (κ1) is 10.0. The Bertz CT molecular complexity index is 217. The third-order valence-electron chi connectivity index (χ3n) is 2.08. The van der Waals surface area contributed by atoms with Gasteiger partial charge in [0.05, 0.1) is 12.6 Å². The molecule has 5 N–H and O–H groups in total. The minimum atomic E-state index is -0.170. The van der Waals surface area contributed by atoms with Crippen LogP contribution in [0.3, 0.4) is 0 Å². The van der Waals surface area contributed by atoms with Crippen LogP contribution < -0.4 is 16.4 Å². The zero-order valence-corrected chi connectivity index (χ0v) is 7.42. The molecule has 0 aliphatic carbocycles. The van der Waals surface area contributed by atoms with Crippen LogP contribution in [0.2, 0.25) is 0 Å². The normalized spacial score (nSPS) is 27.2. The molecule has 1 aliphatic heterocycles. The van der Waals surface area contributed by atoms with Crippen LogP contribution in [0.1, 0.15) is 6.42 Å². The molecular formula is C8H15N3O2. The summed E-state index contributed by atoms with van der Waals surface area (Å²) >= 11 is 0. The van der Waals surface area contributed by atoms with E-state index in [1.807, 2.05) is 0 Å². The maximum Gasteiger partial charge on any atom is 0.233 e. The van der Waals surface area contributed by atoms with E-state index in [1.54, 1.807) is 0 Å². The average molecular weight is 185 g/mol. The van der Waals surface area contributed by atoms with Crippen LogP contribution in [0, 0.1) is 0 Å². The number of hydrogen-bond donors (Lipinski definition) is 4. The Morgan fingerprint density at radius 3 is 2.92 bits per heavy atom. The fourth-order valence-electron chi connectivity index (χ4n) is 1.39. The number of amides is 1. The summed E-state index contributed by atoms with van der Waals surface area (Å²) in [6.07, 6.45) is 0.668. The van der Waals surface area contributed by atoms with Gasteiger partial charge in [-0.05, 0) is 6.42 Å². The summed E-state index contributed by atoms with van der Waals surface area (Å²) in [6, 6.07) is -0.0620. The quantitative estimate of drug-likeness (QED) is 0.419. The molecule has 0 spiro atoms. The van der Waals surface area contributed by atoms with Gasteiger partial charge in [0.15, 0.2) is 0 Å². The molecule has 1 amide bonds. The van der Waals surface area contributed by atoms with E-state index in [9.17, 15) is 4.79 Å². The number of rotatable bonds is 3.